The van der Waals surface area contributed by atoms with Crippen molar-refractivity contribution in [2.24, 2.45) is 0 Å². The molecule has 1 aromatic heterocycles. The minimum Gasteiger partial charge on any atom is -0.507 e. The van der Waals surface area contributed by atoms with Gasteiger partial charge in [-0.15, -0.1) is 0 Å². The van der Waals surface area contributed by atoms with E-state index in [4.69, 9.17) is 4.42 Å². The number of phenols is 1. The van der Waals surface area contributed by atoms with Crippen LogP contribution < -0.4 is 0 Å². The Bertz CT molecular complexity index is 703. The summed E-state index contributed by atoms with van der Waals surface area (Å²) < 4.78 is 5.85. The average Bonchev–Trinajstić information content (AvgIpc) is 2.39. The summed E-state index contributed by atoms with van der Waals surface area (Å²) in [6, 6.07) is 17.4. The molecule has 1 heterocycles. The van der Waals surface area contributed by atoms with Gasteiger partial charge in [0.05, 0.1) is 5.56 Å². The van der Waals surface area contributed by atoms with Crippen LogP contribution in [0.4, 0.5) is 0 Å². The first kappa shape index (κ1) is 10.8. The van der Waals surface area contributed by atoms with E-state index in [1.165, 1.54) is 0 Å². The summed E-state index contributed by atoms with van der Waals surface area (Å²) >= 11 is 0. The highest BCUT2D eigenvalue weighted by Gasteiger charge is 2.16. The quantitative estimate of drug-likeness (QED) is 0.636. The van der Waals surface area contributed by atoms with Crippen LogP contribution in [0.2, 0.25) is 0 Å². The van der Waals surface area contributed by atoms with Crippen LogP contribution in [-0.4, -0.2) is 5.11 Å². The molecule has 0 unspecified atom stereocenters. The second-order valence-electron chi connectivity index (χ2n) is 4.36. The number of benzene rings is 2. The molecule has 0 saturated carbocycles. The maximum atomic E-state index is 9.85. The molecule has 0 fully saturated rings. The van der Waals surface area contributed by atoms with Crippen molar-refractivity contribution < 1.29 is 9.52 Å². The third-order valence-electron chi connectivity index (χ3n) is 2.94. The summed E-state index contributed by atoms with van der Waals surface area (Å²) in [5.41, 5.74) is 2.71. The molecule has 0 radical (unpaired) electrons. The van der Waals surface area contributed by atoms with E-state index in [2.05, 4.69) is 0 Å². The standard InChI is InChI=1S/C16H12O2/c1-11-9-14(17)13-7-8-15(18-16(13)10-11)12-5-3-2-4-6-12/h2-10H,1H3/p+1. The summed E-state index contributed by atoms with van der Waals surface area (Å²) in [5.74, 6) is 1.06. The third-order valence-corrected chi connectivity index (χ3v) is 2.94. The van der Waals surface area contributed by atoms with Gasteiger partial charge < -0.3 is 5.11 Å². The van der Waals surface area contributed by atoms with Crippen LogP contribution in [0.25, 0.3) is 22.3 Å². The molecule has 18 heavy (non-hydrogen) atoms. The van der Waals surface area contributed by atoms with Gasteiger partial charge in [-0.2, -0.15) is 0 Å². The Labute approximate surface area is 105 Å². The molecule has 2 aromatic carbocycles. The topological polar surface area (TPSA) is 31.5 Å². The lowest BCUT2D eigenvalue weighted by atomic mass is 10.1. The van der Waals surface area contributed by atoms with Gasteiger partial charge in [0.2, 0.25) is 0 Å². The summed E-state index contributed by atoms with van der Waals surface area (Å²) in [4.78, 5) is 0. The molecule has 2 nitrogen and oxygen atoms in total. The molecule has 1 N–H and O–H groups in total. The van der Waals surface area contributed by atoms with Gasteiger partial charge in [0.1, 0.15) is 11.1 Å². The molecule has 0 spiro atoms. The smallest absolute Gasteiger partial charge is 0.364 e. The molecule has 0 atom stereocenters. The van der Waals surface area contributed by atoms with Crippen molar-refractivity contribution in [1.82, 2.24) is 0 Å². The van der Waals surface area contributed by atoms with Gasteiger partial charge >= 0.3 is 11.3 Å². The van der Waals surface area contributed by atoms with E-state index < -0.39 is 0 Å². The molecular weight excluding hydrogens is 224 g/mol. The van der Waals surface area contributed by atoms with Crippen LogP contribution in [0.3, 0.4) is 0 Å². The Kier molecular flexibility index (Phi) is 2.49. The number of hydrogen-bond donors (Lipinski definition) is 1. The van der Waals surface area contributed by atoms with Crippen LogP contribution in [0.15, 0.2) is 59.0 Å². The van der Waals surface area contributed by atoms with E-state index in [0.717, 1.165) is 22.3 Å². The molecule has 0 bridgehead atoms. The molecule has 0 saturated heterocycles. The van der Waals surface area contributed by atoms with Crippen molar-refractivity contribution in [2.45, 2.75) is 6.92 Å². The number of fused-ring (bicyclic) bond motifs is 1. The Morgan fingerprint density at radius 2 is 1.72 bits per heavy atom. The normalized spacial score (nSPS) is 10.7. The Hall–Kier alpha value is -2.35. The molecule has 0 aliphatic heterocycles. The van der Waals surface area contributed by atoms with Crippen molar-refractivity contribution in [3.63, 3.8) is 0 Å². The summed E-state index contributed by atoms with van der Waals surface area (Å²) in [6.45, 7) is 1.93. The highest BCUT2D eigenvalue weighted by atomic mass is 16.3. The predicted octanol–water partition coefficient (Wildman–Crippen LogP) is 4.39. The maximum absolute atomic E-state index is 9.85. The van der Waals surface area contributed by atoms with E-state index in [0.29, 0.717) is 5.58 Å². The molecule has 2 heteroatoms. The predicted molar refractivity (Wildman–Crippen MR) is 72.5 cm³/mol. The van der Waals surface area contributed by atoms with E-state index in [1.54, 1.807) is 6.07 Å². The zero-order valence-corrected chi connectivity index (χ0v) is 10.1. The number of aryl methyl sites for hydroxylation is 1. The molecule has 3 rings (SSSR count). The van der Waals surface area contributed by atoms with E-state index in [-0.39, 0.29) is 5.75 Å². The highest BCUT2D eigenvalue weighted by Crippen LogP contribution is 2.30. The lowest BCUT2D eigenvalue weighted by molar-refractivity contribution is 0.479. The summed E-state index contributed by atoms with van der Waals surface area (Å²) in [5, 5.41) is 10.6. The molecule has 0 aliphatic carbocycles. The fourth-order valence-corrected chi connectivity index (χ4v) is 2.07. The van der Waals surface area contributed by atoms with Crippen LogP contribution in [0.1, 0.15) is 5.56 Å². The second-order valence-corrected chi connectivity index (χ2v) is 4.36. The Morgan fingerprint density at radius 3 is 2.50 bits per heavy atom. The minimum absolute atomic E-state index is 0.258. The van der Waals surface area contributed by atoms with Crippen molar-refractivity contribution >= 4 is 11.0 Å². The average molecular weight is 237 g/mol. The number of phenolic OH excluding ortho intramolecular Hbond substituents is 1. The zero-order valence-electron chi connectivity index (χ0n) is 10.1. The Morgan fingerprint density at radius 1 is 0.944 bits per heavy atom. The number of hydrogen-bond acceptors (Lipinski definition) is 1. The molecular formula is C16H13O2+. The van der Waals surface area contributed by atoms with Crippen LogP contribution in [-0.2, 0) is 0 Å². The van der Waals surface area contributed by atoms with Crippen molar-refractivity contribution in [3.05, 3.63) is 60.2 Å². The molecule has 0 aliphatic rings. The van der Waals surface area contributed by atoms with Gasteiger partial charge in [0, 0.05) is 12.1 Å². The highest BCUT2D eigenvalue weighted by molar-refractivity contribution is 5.85. The molecule has 0 amide bonds. The van der Waals surface area contributed by atoms with Gasteiger partial charge in [-0.05, 0) is 36.8 Å². The van der Waals surface area contributed by atoms with Gasteiger partial charge in [0.15, 0.2) is 0 Å². The lowest BCUT2D eigenvalue weighted by Crippen LogP contribution is -1.81. The van der Waals surface area contributed by atoms with Gasteiger partial charge in [-0.1, -0.05) is 18.2 Å². The van der Waals surface area contributed by atoms with Gasteiger partial charge in [-0.25, -0.2) is 4.42 Å². The van der Waals surface area contributed by atoms with E-state index in [9.17, 15) is 5.11 Å². The van der Waals surface area contributed by atoms with Crippen molar-refractivity contribution in [3.8, 4) is 17.1 Å². The lowest BCUT2D eigenvalue weighted by Gasteiger charge is -1.97. The van der Waals surface area contributed by atoms with E-state index >= 15 is 0 Å². The fraction of sp³-hybridized carbons (Fsp3) is 0.0625. The SMILES string of the molecule is Cc1cc(O)c2ccc(-c3ccccc3)[o+]c2c1. The monoisotopic (exact) mass is 237 g/mol. The Balaban J connectivity index is 2.23. The van der Waals surface area contributed by atoms with Crippen LogP contribution in [0, 0.1) is 6.92 Å². The summed E-state index contributed by atoms with van der Waals surface area (Å²) in [7, 11) is 0. The van der Waals surface area contributed by atoms with E-state index in [1.807, 2.05) is 55.5 Å². The first-order chi connectivity index (χ1) is 8.74. The third kappa shape index (κ3) is 1.82. The zero-order chi connectivity index (χ0) is 12.5. The van der Waals surface area contributed by atoms with Crippen molar-refractivity contribution in [2.75, 3.05) is 0 Å². The van der Waals surface area contributed by atoms with Crippen LogP contribution >= 0.6 is 0 Å². The first-order valence-corrected chi connectivity index (χ1v) is 5.86. The van der Waals surface area contributed by atoms with Gasteiger partial charge in [-0.3, -0.25) is 0 Å². The first-order valence-electron chi connectivity index (χ1n) is 5.86. The van der Waals surface area contributed by atoms with Crippen LogP contribution in [0.5, 0.6) is 5.75 Å². The second kappa shape index (κ2) is 4.15. The fourth-order valence-electron chi connectivity index (χ4n) is 2.07. The number of aromatic hydroxyl groups is 1. The van der Waals surface area contributed by atoms with Gasteiger partial charge in [0.25, 0.3) is 0 Å². The minimum atomic E-state index is 0.258. The molecule has 88 valence electrons. The number of rotatable bonds is 1. The largest absolute Gasteiger partial charge is 0.507 e. The summed E-state index contributed by atoms with van der Waals surface area (Å²) in [6.07, 6.45) is 0. The molecule has 3 aromatic rings. The maximum Gasteiger partial charge on any atom is 0.364 e. The van der Waals surface area contributed by atoms with Crippen molar-refractivity contribution in [1.29, 1.82) is 0 Å².